The number of carbonyl (C=O) groups excluding carboxylic acids is 1. The van der Waals surface area contributed by atoms with Gasteiger partial charge in [-0.3, -0.25) is 9.48 Å². The molecule has 5 nitrogen and oxygen atoms in total. The fraction of sp³-hybridized carbons (Fsp3) is 0.556. The topological polar surface area (TPSA) is 72.9 Å². The van der Waals surface area contributed by atoms with Crippen LogP contribution in [-0.2, 0) is 11.3 Å². The zero-order chi connectivity index (χ0) is 10.4. The zero-order valence-corrected chi connectivity index (χ0v) is 8.36. The van der Waals surface area contributed by atoms with Crippen molar-refractivity contribution in [1.82, 2.24) is 15.1 Å². The number of rotatable bonds is 5. The lowest BCUT2D eigenvalue weighted by atomic mass is 10.4. The van der Waals surface area contributed by atoms with Gasteiger partial charge in [-0.2, -0.15) is 5.10 Å². The summed E-state index contributed by atoms with van der Waals surface area (Å²) >= 11 is 0. The highest BCUT2D eigenvalue weighted by molar-refractivity contribution is 5.75. The molecule has 0 aliphatic heterocycles. The molecular formula is C9H16N4O. The standard InChI is InChI=1S/C9H16N4O/c1-8-6-12-13(7-8)5-4-11-9(14)2-3-10/h6-7H,2-5,10H2,1H3,(H,11,14). The van der Waals surface area contributed by atoms with E-state index in [1.165, 1.54) is 0 Å². The molecular weight excluding hydrogens is 180 g/mol. The van der Waals surface area contributed by atoms with Crippen LogP contribution in [-0.4, -0.2) is 28.8 Å². The molecule has 1 rings (SSSR count). The highest BCUT2D eigenvalue weighted by Crippen LogP contribution is 1.92. The van der Waals surface area contributed by atoms with Gasteiger partial charge in [-0.25, -0.2) is 0 Å². The predicted octanol–water partition coefficient (Wildman–Crippen LogP) is -0.343. The molecule has 3 N–H and O–H groups in total. The van der Waals surface area contributed by atoms with Crippen molar-refractivity contribution in [2.45, 2.75) is 19.9 Å². The van der Waals surface area contributed by atoms with Crippen LogP contribution in [0.1, 0.15) is 12.0 Å². The number of amides is 1. The van der Waals surface area contributed by atoms with Gasteiger partial charge in [0.05, 0.1) is 12.7 Å². The second-order valence-electron chi connectivity index (χ2n) is 3.17. The van der Waals surface area contributed by atoms with Crippen LogP contribution in [0.5, 0.6) is 0 Å². The van der Waals surface area contributed by atoms with E-state index in [1.807, 2.05) is 13.1 Å². The number of aromatic nitrogens is 2. The summed E-state index contributed by atoms with van der Waals surface area (Å²) in [6.45, 7) is 3.67. The van der Waals surface area contributed by atoms with Gasteiger partial charge in [-0.05, 0) is 12.5 Å². The maximum atomic E-state index is 11.0. The molecule has 0 unspecified atom stereocenters. The van der Waals surface area contributed by atoms with Crippen LogP contribution in [0, 0.1) is 6.92 Å². The Labute approximate surface area is 83.3 Å². The van der Waals surface area contributed by atoms with Gasteiger partial charge in [0.15, 0.2) is 0 Å². The molecule has 78 valence electrons. The second-order valence-corrected chi connectivity index (χ2v) is 3.17. The molecule has 0 bridgehead atoms. The lowest BCUT2D eigenvalue weighted by molar-refractivity contribution is -0.120. The molecule has 0 spiro atoms. The molecule has 1 aromatic rings. The van der Waals surface area contributed by atoms with Crippen LogP contribution in [0.25, 0.3) is 0 Å². The van der Waals surface area contributed by atoms with E-state index in [2.05, 4.69) is 10.4 Å². The van der Waals surface area contributed by atoms with Crippen molar-refractivity contribution in [2.24, 2.45) is 5.73 Å². The lowest BCUT2D eigenvalue weighted by Crippen LogP contribution is -2.28. The van der Waals surface area contributed by atoms with Crippen LogP contribution >= 0.6 is 0 Å². The number of nitrogens with zero attached hydrogens (tertiary/aromatic N) is 2. The van der Waals surface area contributed by atoms with E-state index in [0.29, 0.717) is 26.1 Å². The third-order valence-corrected chi connectivity index (χ3v) is 1.80. The first-order valence-electron chi connectivity index (χ1n) is 4.68. The van der Waals surface area contributed by atoms with Crippen LogP contribution < -0.4 is 11.1 Å². The Morgan fingerprint density at radius 2 is 2.50 bits per heavy atom. The highest BCUT2D eigenvalue weighted by Gasteiger charge is 1.98. The number of hydrogen-bond donors (Lipinski definition) is 2. The van der Waals surface area contributed by atoms with E-state index in [-0.39, 0.29) is 5.91 Å². The van der Waals surface area contributed by atoms with Gasteiger partial charge in [0.25, 0.3) is 0 Å². The quantitative estimate of drug-likeness (QED) is 0.676. The molecule has 1 heterocycles. The number of carbonyl (C=O) groups is 1. The third-order valence-electron chi connectivity index (χ3n) is 1.80. The largest absolute Gasteiger partial charge is 0.354 e. The van der Waals surface area contributed by atoms with Gasteiger partial charge in [0, 0.05) is 25.7 Å². The van der Waals surface area contributed by atoms with Crippen molar-refractivity contribution >= 4 is 5.91 Å². The van der Waals surface area contributed by atoms with E-state index in [9.17, 15) is 4.79 Å². The van der Waals surface area contributed by atoms with E-state index in [1.54, 1.807) is 10.9 Å². The minimum atomic E-state index is -0.00335. The molecule has 1 aromatic heterocycles. The summed E-state index contributed by atoms with van der Waals surface area (Å²) in [6.07, 6.45) is 4.12. The molecule has 0 fully saturated rings. The van der Waals surface area contributed by atoms with Crippen molar-refractivity contribution < 1.29 is 4.79 Å². The van der Waals surface area contributed by atoms with E-state index in [4.69, 9.17) is 5.73 Å². The van der Waals surface area contributed by atoms with Gasteiger partial charge in [0.2, 0.25) is 5.91 Å². The van der Waals surface area contributed by atoms with E-state index < -0.39 is 0 Å². The Kier molecular flexibility index (Phi) is 4.12. The number of aryl methyl sites for hydroxylation is 1. The summed E-state index contributed by atoms with van der Waals surface area (Å²) in [5.41, 5.74) is 6.36. The van der Waals surface area contributed by atoms with Crippen LogP contribution in [0.15, 0.2) is 12.4 Å². The fourth-order valence-electron chi connectivity index (χ4n) is 1.12. The minimum absolute atomic E-state index is 0.00335. The third kappa shape index (κ3) is 3.57. The van der Waals surface area contributed by atoms with Crippen molar-refractivity contribution in [3.8, 4) is 0 Å². The van der Waals surface area contributed by atoms with Crippen molar-refractivity contribution in [3.63, 3.8) is 0 Å². The lowest BCUT2D eigenvalue weighted by Gasteiger charge is -2.03. The summed E-state index contributed by atoms with van der Waals surface area (Å²) < 4.78 is 1.80. The SMILES string of the molecule is Cc1cnn(CCNC(=O)CCN)c1. The zero-order valence-electron chi connectivity index (χ0n) is 8.36. The molecule has 0 saturated carbocycles. The molecule has 0 saturated heterocycles. The molecule has 14 heavy (non-hydrogen) atoms. The maximum Gasteiger partial charge on any atom is 0.221 e. The Morgan fingerprint density at radius 1 is 1.71 bits per heavy atom. The average Bonchev–Trinajstić information content (AvgIpc) is 2.52. The summed E-state index contributed by atoms with van der Waals surface area (Å²) in [5, 5.41) is 6.86. The first-order valence-corrected chi connectivity index (χ1v) is 4.68. The van der Waals surface area contributed by atoms with Crippen LogP contribution in [0.4, 0.5) is 0 Å². The van der Waals surface area contributed by atoms with E-state index in [0.717, 1.165) is 5.56 Å². The van der Waals surface area contributed by atoms with Crippen molar-refractivity contribution in [2.75, 3.05) is 13.1 Å². The van der Waals surface area contributed by atoms with E-state index >= 15 is 0 Å². The molecule has 0 radical (unpaired) electrons. The Balaban J connectivity index is 2.18. The monoisotopic (exact) mass is 196 g/mol. The van der Waals surface area contributed by atoms with Gasteiger partial charge in [0.1, 0.15) is 0 Å². The first-order chi connectivity index (χ1) is 6.72. The Bertz CT molecular complexity index is 295. The molecule has 0 aliphatic rings. The molecule has 0 aromatic carbocycles. The van der Waals surface area contributed by atoms with Gasteiger partial charge in [-0.15, -0.1) is 0 Å². The fourth-order valence-corrected chi connectivity index (χ4v) is 1.12. The van der Waals surface area contributed by atoms with Crippen molar-refractivity contribution in [3.05, 3.63) is 18.0 Å². The number of nitrogens with two attached hydrogens (primary N) is 1. The second kappa shape index (κ2) is 5.39. The molecule has 1 amide bonds. The van der Waals surface area contributed by atoms with Crippen molar-refractivity contribution in [1.29, 1.82) is 0 Å². The minimum Gasteiger partial charge on any atom is -0.354 e. The summed E-state index contributed by atoms with van der Waals surface area (Å²) in [4.78, 5) is 11.0. The Hall–Kier alpha value is -1.36. The highest BCUT2D eigenvalue weighted by atomic mass is 16.1. The number of hydrogen-bond acceptors (Lipinski definition) is 3. The summed E-state index contributed by atoms with van der Waals surface area (Å²) in [7, 11) is 0. The van der Waals surface area contributed by atoms with Gasteiger partial charge >= 0.3 is 0 Å². The van der Waals surface area contributed by atoms with Gasteiger partial charge < -0.3 is 11.1 Å². The molecule has 0 aliphatic carbocycles. The summed E-state index contributed by atoms with van der Waals surface area (Å²) in [5.74, 6) is -0.00335. The maximum absolute atomic E-state index is 11.0. The average molecular weight is 196 g/mol. The van der Waals surface area contributed by atoms with Crippen LogP contribution in [0.2, 0.25) is 0 Å². The normalized spacial score (nSPS) is 10.1. The van der Waals surface area contributed by atoms with Gasteiger partial charge in [-0.1, -0.05) is 0 Å². The smallest absolute Gasteiger partial charge is 0.221 e. The Morgan fingerprint density at radius 3 is 3.07 bits per heavy atom. The van der Waals surface area contributed by atoms with Crippen LogP contribution in [0.3, 0.4) is 0 Å². The number of nitrogens with one attached hydrogen (secondary N) is 1. The first kappa shape index (κ1) is 10.7. The predicted molar refractivity (Wildman–Crippen MR) is 53.6 cm³/mol. The molecule has 0 atom stereocenters. The summed E-state index contributed by atoms with van der Waals surface area (Å²) in [6, 6.07) is 0. The molecule has 5 heteroatoms.